The SMILES string of the molecule is CCc1cc(NC(c2ccc(F)cc2)C2CC2)nc(C)n1. The summed E-state index contributed by atoms with van der Waals surface area (Å²) in [6, 6.07) is 8.97. The van der Waals surface area contributed by atoms with Crippen LogP contribution in [0.1, 0.15) is 42.9 Å². The summed E-state index contributed by atoms with van der Waals surface area (Å²) in [6.07, 6.45) is 3.31. The molecule has 1 aliphatic carbocycles. The Kier molecular flexibility index (Phi) is 3.86. The summed E-state index contributed by atoms with van der Waals surface area (Å²) in [4.78, 5) is 8.88. The van der Waals surface area contributed by atoms with Crippen LogP contribution in [-0.4, -0.2) is 9.97 Å². The maximum absolute atomic E-state index is 13.1. The van der Waals surface area contributed by atoms with Crippen LogP contribution < -0.4 is 5.32 Å². The van der Waals surface area contributed by atoms with E-state index in [1.807, 2.05) is 25.1 Å². The van der Waals surface area contributed by atoms with Gasteiger partial charge in [-0.25, -0.2) is 14.4 Å². The highest BCUT2D eigenvalue weighted by Gasteiger charge is 2.32. The normalized spacial score (nSPS) is 15.8. The van der Waals surface area contributed by atoms with Gasteiger partial charge in [0.15, 0.2) is 0 Å². The monoisotopic (exact) mass is 285 g/mol. The van der Waals surface area contributed by atoms with Crippen LogP contribution in [0.15, 0.2) is 30.3 Å². The van der Waals surface area contributed by atoms with Gasteiger partial charge < -0.3 is 5.32 Å². The van der Waals surface area contributed by atoms with Gasteiger partial charge in [0.1, 0.15) is 17.5 Å². The molecule has 0 radical (unpaired) electrons. The highest BCUT2D eigenvalue weighted by atomic mass is 19.1. The van der Waals surface area contributed by atoms with Gasteiger partial charge in [0.05, 0.1) is 6.04 Å². The van der Waals surface area contributed by atoms with E-state index in [4.69, 9.17) is 0 Å². The minimum absolute atomic E-state index is 0.195. The number of hydrogen-bond donors (Lipinski definition) is 1. The molecule has 3 nitrogen and oxygen atoms in total. The van der Waals surface area contributed by atoms with E-state index in [2.05, 4.69) is 22.2 Å². The summed E-state index contributed by atoms with van der Waals surface area (Å²) < 4.78 is 13.1. The van der Waals surface area contributed by atoms with Crippen LogP contribution in [0.2, 0.25) is 0 Å². The van der Waals surface area contributed by atoms with Crippen molar-refractivity contribution in [2.75, 3.05) is 5.32 Å². The molecule has 0 amide bonds. The molecule has 3 rings (SSSR count). The lowest BCUT2D eigenvalue weighted by Crippen LogP contribution is -2.15. The molecule has 1 heterocycles. The molecule has 1 unspecified atom stereocenters. The van der Waals surface area contributed by atoms with Gasteiger partial charge >= 0.3 is 0 Å². The molecule has 0 saturated heterocycles. The van der Waals surface area contributed by atoms with E-state index >= 15 is 0 Å². The van der Waals surface area contributed by atoms with E-state index in [1.165, 1.54) is 25.0 Å². The molecule has 1 aromatic carbocycles. The number of halogens is 1. The van der Waals surface area contributed by atoms with Crippen LogP contribution in [0.5, 0.6) is 0 Å². The van der Waals surface area contributed by atoms with Crippen molar-refractivity contribution in [1.82, 2.24) is 9.97 Å². The number of nitrogens with zero attached hydrogens (tertiary/aromatic N) is 2. The lowest BCUT2D eigenvalue weighted by Gasteiger charge is -2.20. The number of nitrogens with one attached hydrogen (secondary N) is 1. The zero-order chi connectivity index (χ0) is 14.8. The van der Waals surface area contributed by atoms with Gasteiger partial charge in [0.25, 0.3) is 0 Å². The van der Waals surface area contributed by atoms with E-state index in [0.717, 1.165) is 29.3 Å². The Morgan fingerprint density at radius 1 is 1.24 bits per heavy atom. The average molecular weight is 285 g/mol. The highest BCUT2D eigenvalue weighted by Crippen LogP contribution is 2.42. The van der Waals surface area contributed by atoms with Crippen LogP contribution in [-0.2, 0) is 6.42 Å². The number of benzene rings is 1. The third-order valence-corrected chi connectivity index (χ3v) is 3.88. The zero-order valence-electron chi connectivity index (χ0n) is 12.4. The summed E-state index contributed by atoms with van der Waals surface area (Å²) in [5.74, 6) is 2.06. The van der Waals surface area contributed by atoms with Gasteiger partial charge in [-0.15, -0.1) is 0 Å². The fourth-order valence-corrected chi connectivity index (χ4v) is 2.62. The molecule has 1 atom stereocenters. The first-order valence-electron chi connectivity index (χ1n) is 7.52. The van der Waals surface area contributed by atoms with E-state index in [0.29, 0.717) is 5.92 Å². The minimum Gasteiger partial charge on any atom is -0.363 e. The Hall–Kier alpha value is -1.97. The summed E-state index contributed by atoms with van der Waals surface area (Å²) in [5.41, 5.74) is 2.16. The van der Waals surface area contributed by atoms with Gasteiger partial charge in [-0.2, -0.15) is 0 Å². The summed E-state index contributed by atoms with van der Waals surface area (Å²) >= 11 is 0. The lowest BCUT2D eigenvalue weighted by molar-refractivity contribution is 0.622. The predicted octanol–water partition coefficient (Wildman–Crippen LogP) is 4.05. The van der Waals surface area contributed by atoms with Gasteiger partial charge in [-0.1, -0.05) is 19.1 Å². The molecule has 21 heavy (non-hydrogen) atoms. The highest BCUT2D eigenvalue weighted by molar-refractivity contribution is 5.41. The Labute approximate surface area is 124 Å². The third-order valence-electron chi connectivity index (χ3n) is 3.88. The number of anilines is 1. The van der Waals surface area contributed by atoms with Crippen molar-refractivity contribution >= 4 is 5.82 Å². The van der Waals surface area contributed by atoms with Crippen LogP contribution >= 0.6 is 0 Å². The molecular weight excluding hydrogens is 265 g/mol. The van der Waals surface area contributed by atoms with E-state index in [1.54, 1.807) is 0 Å². The average Bonchev–Trinajstić information content (AvgIpc) is 3.30. The minimum atomic E-state index is -0.195. The maximum atomic E-state index is 13.1. The Balaban J connectivity index is 1.85. The first-order valence-corrected chi connectivity index (χ1v) is 7.52. The molecule has 1 fully saturated rings. The van der Waals surface area contributed by atoms with Gasteiger partial charge in [0, 0.05) is 11.8 Å². The number of aromatic nitrogens is 2. The second-order valence-corrected chi connectivity index (χ2v) is 5.66. The fourth-order valence-electron chi connectivity index (χ4n) is 2.62. The van der Waals surface area contributed by atoms with Crippen molar-refractivity contribution in [3.63, 3.8) is 0 Å². The molecule has 0 spiro atoms. The van der Waals surface area contributed by atoms with E-state index in [9.17, 15) is 4.39 Å². The lowest BCUT2D eigenvalue weighted by atomic mass is 10.0. The summed E-state index contributed by atoms with van der Waals surface area (Å²) in [6.45, 7) is 4.00. The molecule has 1 N–H and O–H groups in total. The van der Waals surface area contributed by atoms with E-state index in [-0.39, 0.29) is 11.9 Å². The van der Waals surface area contributed by atoms with Crippen molar-refractivity contribution in [1.29, 1.82) is 0 Å². The molecule has 1 aromatic heterocycles. The number of rotatable bonds is 5. The van der Waals surface area contributed by atoms with Gasteiger partial charge in [-0.3, -0.25) is 0 Å². The third kappa shape index (κ3) is 3.38. The zero-order valence-corrected chi connectivity index (χ0v) is 12.4. The molecular formula is C17H20FN3. The van der Waals surface area contributed by atoms with Crippen LogP contribution in [0.3, 0.4) is 0 Å². The van der Waals surface area contributed by atoms with Crippen molar-refractivity contribution < 1.29 is 4.39 Å². The second kappa shape index (κ2) is 5.80. The van der Waals surface area contributed by atoms with Crippen molar-refractivity contribution in [3.05, 3.63) is 53.2 Å². The molecule has 1 aliphatic rings. The maximum Gasteiger partial charge on any atom is 0.130 e. The largest absolute Gasteiger partial charge is 0.363 e. The van der Waals surface area contributed by atoms with Gasteiger partial charge in [-0.05, 0) is 49.8 Å². The molecule has 110 valence electrons. The topological polar surface area (TPSA) is 37.8 Å². The van der Waals surface area contributed by atoms with Crippen molar-refractivity contribution in [2.45, 2.75) is 39.2 Å². The Morgan fingerprint density at radius 2 is 1.95 bits per heavy atom. The molecule has 2 aromatic rings. The molecule has 4 heteroatoms. The predicted molar refractivity (Wildman–Crippen MR) is 81.6 cm³/mol. The van der Waals surface area contributed by atoms with Crippen LogP contribution in [0.4, 0.5) is 10.2 Å². The molecule has 0 aliphatic heterocycles. The fraction of sp³-hybridized carbons (Fsp3) is 0.412. The van der Waals surface area contributed by atoms with Crippen molar-refractivity contribution in [2.24, 2.45) is 5.92 Å². The van der Waals surface area contributed by atoms with Crippen molar-refractivity contribution in [3.8, 4) is 0 Å². The second-order valence-electron chi connectivity index (χ2n) is 5.66. The Morgan fingerprint density at radius 3 is 2.57 bits per heavy atom. The standard InChI is InChI=1S/C17H20FN3/c1-3-15-10-16(20-11(2)19-15)21-17(12-4-5-12)13-6-8-14(18)9-7-13/h6-10,12,17H,3-5H2,1-2H3,(H,19,20,21). The van der Waals surface area contributed by atoms with Gasteiger partial charge in [0.2, 0.25) is 0 Å². The quantitative estimate of drug-likeness (QED) is 0.900. The first kappa shape index (κ1) is 14.0. The number of hydrogen-bond acceptors (Lipinski definition) is 3. The first-order chi connectivity index (χ1) is 10.2. The summed E-state index contributed by atoms with van der Waals surface area (Å²) in [5, 5.41) is 3.52. The van der Waals surface area contributed by atoms with E-state index < -0.39 is 0 Å². The molecule has 1 saturated carbocycles. The summed E-state index contributed by atoms with van der Waals surface area (Å²) in [7, 11) is 0. The smallest absolute Gasteiger partial charge is 0.130 e. The van der Waals surface area contributed by atoms with Crippen LogP contribution in [0, 0.1) is 18.7 Å². The number of aryl methyl sites for hydroxylation is 2. The Bertz CT molecular complexity index is 620. The van der Waals surface area contributed by atoms with Crippen LogP contribution in [0.25, 0.3) is 0 Å². The molecule has 0 bridgehead atoms.